The first-order valence-electron chi connectivity index (χ1n) is 8.76. The van der Waals surface area contributed by atoms with Crippen molar-refractivity contribution in [2.45, 2.75) is 32.9 Å². The van der Waals surface area contributed by atoms with Gasteiger partial charge in [0.15, 0.2) is 5.13 Å². The van der Waals surface area contributed by atoms with E-state index in [4.69, 9.17) is 9.47 Å². The number of hydrogen-bond donors (Lipinski definition) is 1. The summed E-state index contributed by atoms with van der Waals surface area (Å²) in [6.07, 6.45) is 4.58. The largest absolute Gasteiger partial charge is 0.478 e. The molecule has 3 heterocycles. The predicted molar refractivity (Wildman–Crippen MR) is 101 cm³/mol. The van der Waals surface area contributed by atoms with E-state index in [1.165, 1.54) is 23.8 Å². The Morgan fingerprint density at radius 1 is 1.50 bits per heavy atom. The van der Waals surface area contributed by atoms with Gasteiger partial charge in [-0.25, -0.2) is 9.97 Å². The van der Waals surface area contributed by atoms with E-state index in [9.17, 15) is 4.79 Å². The van der Waals surface area contributed by atoms with E-state index in [2.05, 4.69) is 20.2 Å². The van der Waals surface area contributed by atoms with Crippen LogP contribution in [0, 0.1) is 0 Å². The van der Waals surface area contributed by atoms with Gasteiger partial charge in [-0.05, 0) is 18.6 Å². The molecule has 2 aromatic heterocycles. The Hall–Kier alpha value is -2.03. The van der Waals surface area contributed by atoms with Crippen LogP contribution in [0.5, 0.6) is 5.88 Å². The third-order valence-electron chi connectivity index (χ3n) is 3.99. The topological polar surface area (TPSA) is 76.6 Å². The highest BCUT2D eigenvalue weighted by Gasteiger charge is 2.22. The second-order valence-electron chi connectivity index (χ2n) is 6.18. The lowest BCUT2D eigenvalue weighted by atomic mass is 10.1. The number of morpholine rings is 1. The average molecular weight is 376 g/mol. The summed E-state index contributed by atoms with van der Waals surface area (Å²) in [5, 5.41) is 3.38. The molecule has 7 nitrogen and oxygen atoms in total. The standard InChI is InChI=1S/C18H24N4O3S/c1-3-24-17-9-14(4-5-19-17)8-15-11-22(6-7-25-15)12-16-10-20-18(26-16)21-13(2)23/h4-5,9-10,15H,3,6-8,11-12H2,1-2H3,(H,20,21,23)/t15-/m1/s1. The molecule has 0 unspecified atom stereocenters. The third kappa shape index (κ3) is 5.48. The van der Waals surface area contributed by atoms with Crippen molar-refractivity contribution in [2.24, 2.45) is 0 Å². The Balaban J connectivity index is 1.54. The molecule has 0 bridgehead atoms. The van der Waals surface area contributed by atoms with E-state index in [1.54, 1.807) is 6.20 Å². The summed E-state index contributed by atoms with van der Waals surface area (Å²) in [6, 6.07) is 3.99. The number of pyridine rings is 1. The number of thiazole rings is 1. The molecule has 0 spiro atoms. The molecule has 0 aliphatic carbocycles. The van der Waals surface area contributed by atoms with Crippen LogP contribution in [0.1, 0.15) is 24.3 Å². The highest BCUT2D eigenvalue weighted by molar-refractivity contribution is 7.15. The van der Waals surface area contributed by atoms with Crippen molar-refractivity contribution >= 4 is 22.4 Å². The first-order chi connectivity index (χ1) is 12.6. The maximum atomic E-state index is 11.1. The number of aromatic nitrogens is 2. The van der Waals surface area contributed by atoms with E-state index >= 15 is 0 Å². The van der Waals surface area contributed by atoms with Crippen molar-refractivity contribution in [3.05, 3.63) is 35.0 Å². The van der Waals surface area contributed by atoms with Crippen molar-refractivity contribution in [1.82, 2.24) is 14.9 Å². The number of carbonyl (C=O) groups excluding carboxylic acids is 1. The molecule has 2 aromatic rings. The van der Waals surface area contributed by atoms with E-state index < -0.39 is 0 Å². The minimum atomic E-state index is -0.0962. The second-order valence-corrected chi connectivity index (χ2v) is 7.30. The Morgan fingerprint density at radius 3 is 3.19 bits per heavy atom. The van der Waals surface area contributed by atoms with Crippen LogP contribution in [0.2, 0.25) is 0 Å². The number of carbonyl (C=O) groups is 1. The molecule has 1 fully saturated rings. The van der Waals surface area contributed by atoms with Gasteiger partial charge in [-0.3, -0.25) is 9.69 Å². The van der Waals surface area contributed by atoms with Crippen molar-refractivity contribution < 1.29 is 14.3 Å². The Labute approximate surface area is 157 Å². The summed E-state index contributed by atoms with van der Waals surface area (Å²) in [5.74, 6) is 0.564. The van der Waals surface area contributed by atoms with Gasteiger partial charge >= 0.3 is 0 Å². The molecule has 0 radical (unpaired) electrons. The molecule has 1 amide bonds. The molecule has 0 aromatic carbocycles. The van der Waals surface area contributed by atoms with Gasteiger partial charge in [-0.1, -0.05) is 0 Å². The number of hydrogen-bond acceptors (Lipinski definition) is 7. The molecule has 3 rings (SSSR count). The quantitative estimate of drug-likeness (QED) is 0.799. The number of anilines is 1. The summed E-state index contributed by atoms with van der Waals surface area (Å²) in [7, 11) is 0. The van der Waals surface area contributed by atoms with Gasteiger partial charge in [0.25, 0.3) is 0 Å². The SMILES string of the molecule is CCOc1cc(C[C@@H]2CN(Cc3cnc(NC(C)=O)s3)CCO2)ccn1. The molecule has 1 atom stereocenters. The minimum absolute atomic E-state index is 0.0962. The van der Waals surface area contributed by atoms with E-state index in [0.717, 1.165) is 30.9 Å². The van der Waals surface area contributed by atoms with Crippen molar-refractivity contribution in [2.75, 3.05) is 31.6 Å². The summed E-state index contributed by atoms with van der Waals surface area (Å²) < 4.78 is 11.4. The van der Waals surface area contributed by atoms with Crippen LogP contribution in [0.4, 0.5) is 5.13 Å². The Morgan fingerprint density at radius 2 is 2.38 bits per heavy atom. The van der Waals surface area contributed by atoms with Gasteiger partial charge in [-0.2, -0.15) is 0 Å². The monoisotopic (exact) mass is 376 g/mol. The number of rotatable bonds is 7. The van der Waals surface area contributed by atoms with E-state index in [0.29, 0.717) is 24.2 Å². The maximum absolute atomic E-state index is 11.1. The summed E-state index contributed by atoms with van der Waals surface area (Å²) in [4.78, 5) is 23.1. The van der Waals surface area contributed by atoms with Crippen molar-refractivity contribution in [1.29, 1.82) is 0 Å². The van der Waals surface area contributed by atoms with Gasteiger partial charge in [-0.15, -0.1) is 11.3 Å². The smallest absolute Gasteiger partial charge is 0.223 e. The van der Waals surface area contributed by atoms with Gasteiger partial charge in [0.05, 0.1) is 19.3 Å². The molecule has 26 heavy (non-hydrogen) atoms. The Kier molecular flexibility index (Phi) is 6.54. The number of nitrogens with zero attached hydrogens (tertiary/aromatic N) is 3. The molecular weight excluding hydrogens is 352 g/mol. The number of nitrogens with one attached hydrogen (secondary N) is 1. The molecule has 1 N–H and O–H groups in total. The highest BCUT2D eigenvalue weighted by atomic mass is 32.1. The molecular formula is C18H24N4O3S. The first kappa shape index (κ1) is 18.8. The lowest BCUT2D eigenvalue weighted by Gasteiger charge is -2.32. The lowest BCUT2D eigenvalue weighted by Crippen LogP contribution is -2.42. The fourth-order valence-electron chi connectivity index (χ4n) is 2.92. The van der Waals surface area contributed by atoms with Gasteiger partial charge in [0, 0.05) is 56.3 Å². The van der Waals surface area contributed by atoms with Crippen LogP contribution in [0.3, 0.4) is 0 Å². The molecule has 8 heteroatoms. The fourth-order valence-corrected chi connectivity index (χ4v) is 3.83. The molecule has 1 saturated heterocycles. The normalized spacial score (nSPS) is 17.8. The maximum Gasteiger partial charge on any atom is 0.223 e. The highest BCUT2D eigenvalue weighted by Crippen LogP contribution is 2.22. The van der Waals surface area contributed by atoms with Crippen LogP contribution in [-0.4, -0.2) is 53.2 Å². The van der Waals surface area contributed by atoms with Gasteiger partial charge in [0.2, 0.25) is 11.8 Å². The zero-order chi connectivity index (χ0) is 18.4. The molecule has 140 valence electrons. The van der Waals surface area contributed by atoms with Crippen LogP contribution >= 0.6 is 11.3 Å². The van der Waals surface area contributed by atoms with Crippen LogP contribution < -0.4 is 10.1 Å². The second kappa shape index (κ2) is 9.07. The zero-order valence-corrected chi connectivity index (χ0v) is 15.9. The van der Waals surface area contributed by atoms with E-state index in [-0.39, 0.29) is 12.0 Å². The fraction of sp³-hybridized carbons (Fsp3) is 0.500. The van der Waals surface area contributed by atoms with Crippen molar-refractivity contribution in [3.8, 4) is 5.88 Å². The van der Waals surface area contributed by atoms with Crippen LogP contribution in [0.25, 0.3) is 0 Å². The summed E-state index contributed by atoms with van der Waals surface area (Å²) >= 11 is 1.52. The van der Waals surface area contributed by atoms with Crippen LogP contribution in [0.15, 0.2) is 24.5 Å². The third-order valence-corrected chi connectivity index (χ3v) is 4.89. The predicted octanol–water partition coefficient (Wildman–Crippen LogP) is 2.34. The van der Waals surface area contributed by atoms with E-state index in [1.807, 2.05) is 25.3 Å². The molecule has 0 saturated carbocycles. The summed E-state index contributed by atoms with van der Waals surface area (Å²) in [6.45, 7) is 7.34. The van der Waals surface area contributed by atoms with Gasteiger partial charge in [0.1, 0.15) is 0 Å². The first-order valence-corrected chi connectivity index (χ1v) is 9.58. The number of amides is 1. The van der Waals surface area contributed by atoms with Gasteiger partial charge < -0.3 is 14.8 Å². The molecule has 1 aliphatic rings. The zero-order valence-electron chi connectivity index (χ0n) is 15.1. The van der Waals surface area contributed by atoms with Crippen LogP contribution in [-0.2, 0) is 22.5 Å². The Bertz CT molecular complexity index is 737. The molecule has 1 aliphatic heterocycles. The minimum Gasteiger partial charge on any atom is -0.478 e. The van der Waals surface area contributed by atoms with Crippen molar-refractivity contribution in [3.63, 3.8) is 0 Å². The average Bonchev–Trinajstić information content (AvgIpc) is 3.02. The summed E-state index contributed by atoms with van der Waals surface area (Å²) in [5.41, 5.74) is 1.17. The lowest BCUT2D eigenvalue weighted by molar-refractivity contribution is -0.114. The number of ether oxygens (including phenoxy) is 2.